The minimum atomic E-state index is 0.443. The summed E-state index contributed by atoms with van der Waals surface area (Å²) in [6, 6.07) is 0.443. The van der Waals surface area contributed by atoms with Gasteiger partial charge in [-0.3, -0.25) is 0 Å². The highest BCUT2D eigenvalue weighted by molar-refractivity contribution is 5.48. The van der Waals surface area contributed by atoms with E-state index in [1.807, 2.05) is 12.5 Å². The van der Waals surface area contributed by atoms with Crippen molar-refractivity contribution in [3.8, 4) is 0 Å². The molecule has 0 aromatic carbocycles. The van der Waals surface area contributed by atoms with Gasteiger partial charge in [-0.25, -0.2) is 4.98 Å². The Balaban J connectivity index is 2.52. The monoisotopic (exact) mass is 237 g/mol. The van der Waals surface area contributed by atoms with E-state index in [1.165, 1.54) is 5.57 Å². The molecule has 0 saturated carbocycles. The van der Waals surface area contributed by atoms with Gasteiger partial charge in [-0.15, -0.1) is 0 Å². The third kappa shape index (κ3) is 4.71. The summed E-state index contributed by atoms with van der Waals surface area (Å²) < 4.78 is 7.15. The fourth-order valence-electron chi connectivity index (χ4n) is 1.62. The van der Waals surface area contributed by atoms with Crippen LogP contribution in [0.5, 0.6) is 0 Å². The lowest BCUT2D eigenvalue weighted by Gasteiger charge is -2.10. The molecule has 17 heavy (non-hydrogen) atoms. The van der Waals surface area contributed by atoms with E-state index in [0.717, 1.165) is 25.4 Å². The van der Waals surface area contributed by atoms with E-state index in [4.69, 9.17) is 4.74 Å². The highest BCUT2D eigenvalue weighted by Gasteiger charge is 2.02. The molecule has 0 unspecified atom stereocenters. The molecule has 0 bridgehead atoms. The molecule has 0 aliphatic heterocycles. The van der Waals surface area contributed by atoms with Crippen molar-refractivity contribution < 1.29 is 4.74 Å². The van der Waals surface area contributed by atoms with Crippen LogP contribution in [0.25, 0.3) is 6.08 Å². The van der Waals surface area contributed by atoms with Crippen LogP contribution in [0.15, 0.2) is 18.1 Å². The molecule has 0 radical (unpaired) electrons. The molecule has 0 aliphatic carbocycles. The predicted molar refractivity (Wildman–Crippen MR) is 71.0 cm³/mol. The molecule has 0 spiro atoms. The van der Waals surface area contributed by atoms with Crippen LogP contribution in [0.1, 0.15) is 32.5 Å². The maximum Gasteiger partial charge on any atom is 0.0953 e. The summed E-state index contributed by atoms with van der Waals surface area (Å²) >= 11 is 0. The summed E-state index contributed by atoms with van der Waals surface area (Å²) in [5, 5.41) is 3.32. The summed E-state index contributed by atoms with van der Waals surface area (Å²) in [5.74, 6) is 0. The normalized spacial score (nSPS) is 12.4. The van der Waals surface area contributed by atoms with Crippen LogP contribution in [0, 0.1) is 0 Å². The Labute approximate surface area is 104 Å². The zero-order valence-corrected chi connectivity index (χ0v) is 11.2. The minimum absolute atomic E-state index is 0.443. The third-order valence-electron chi connectivity index (χ3n) is 2.53. The van der Waals surface area contributed by atoms with E-state index in [9.17, 15) is 0 Å². The Morgan fingerprint density at radius 2 is 2.35 bits per heavy atom. The van der Waals surface area contributed by atoms with Crippen LogP contribution in [0.2, 0.25) is 0 Å². The molecule has 1 aromatic heterocycles. The second kappa shape index (κ2) is 7.25. The van der Waals surface area contributed by atoms with Crippen LogP contribution >= 0.6 is 0 Å². The fourth-order valence-corrected chi connectivity index (χ4v) is 1.62. The van der Waals surface area contributed by atoms with Gasteiger partial charge >= 0.3 is 0 Å². The lowest BCUT2D eigenvalue weighted by atomic mass is 10.2. The molecule has 4 nitrogen and oxygen atoms in total. The van der Waals surface area contributed by atoms with E-state index < -0.39 is 0 Å². The SMILES string of the molecule is COCCNCC(C)=Cc1cncn1C(C)C. The van der Waals surface area contributed by atoms with Gasteiger partial charge in [0.15, 0.2) is 0 Å². The lowest BCUT2D eigenvalue weighted by molar-refractivity contribution is 0.200. The van der Waals surface area contributed by atoms with E-state index in [1.54, 1.807) is 7.11 Å². The fraction of sp³-hybridized carbons (Fsp3) is 0.615. The Morgan fingerprint density at radius 3 is 3.00 bits per heavy atom. The molecule has 1 N–H and O–H groups in total. The van der Waals surface area contributed by atoms with Gasteiger partial charge < -0.3 is 14.6 Å². The third-order valence-corrected chi connectivity index (χ3v) is 2.53. The number of nitrogens with one attached hydrogen (secondary N) is 1. The molecule has 0 amide bonds. The van der Waals surface area contributed by atoms with Crippen molar-refractivity contribution in [1.29, 1.82) is 0 Å². The molecule has 1 aromatic rings. The molecular weight excluding hydrogens is 214 g/mol. The van der Waals surface area contributed by atoms with Gasteiger partial charge in [0.25, 0.3) is 0 Å². The number of ether oxygens (including phenoxy) is 1. The van der Waals surface area contributed by atoms with Crippen molar-refractivity contribution in [2.75, 3.05) is 26.8 Å². The van der Waals surface area contributed by atoms with Gasteiger partial charge in [-0.05, 0) is 26.8 Å². The van der Waals surface area contributed by atoms with E-state index >= 15 is 0 Å². The van der Waals surface area contributed by atoms with Gasteiger partial charge in [0.1, 0.15) is 0 Å². The number of rotatable bonds is 7. The van der Waals surface area contributed by atoms with E-state index in [-0.39, 0.29) is 0 Å². The quantitative estimate of drug-likeness (QED) is 0.738. The molecular formula is C13H23N3O. The van der Waals surface area contributed by atoms with Crippen molar-refractivity contribution in [2.24, 2.45) is 0 Å². The van der Waals surface area contributed by atoms with Gasteiger partial charge in [0.05, 0.1) is 24.8 Å². The van der Waals surface area contributed by atoms with Crippen molar-refractivity contribution in [2.45, 2.75) is 26.8 Å². The van der Waals surface area contributed by atoms with Crippen LogP contribution in [-0.4, -0.2) is 36.4 Å². The Hall–Kier alpha value is -1.13. The molecule has 0 saturated heterocycles. The number of nitrogens with zero attached hydrogens (tertiary/aromatic N) is 2. The molecule has 0 fully saturated rings. The van der Waals surface area contributed by atoms with Crippen molar-refractivity contribution in [3.63, 3.8) is 0 Å². The summed E-state index contributed by atoms with van der Waals surface area (Å²) in [6.07, 6.45) is 5.95. The molecule has 4 heteroatoms. The number of imidazole rings is 1. The first-order valence-electron chi connectivity index (χ1n) is 6.03. The van der Waals surface area contributed by atoms with E-state index in [2.05, 4.69) is 41.7 Å². The molecule has 96 valence electrons. The van der Waals surface area contributed by atoms with E-state index in [0.29, 0.717) is 6.04 Å². The minimum Gasteiger partial charge on any atom is -0.383 e. The predicted octanol–water partition coefficient (Wildman–Crippen LogP) is 2.10. The van der Waals surface area contributed by atoms with Gasteiger partial charge in [-0.1, -0.05) is 5.57 Å². The standard InChI is InChI=1S/C13H23N3O/c1-11(2)16-10-15-9-13(16)7-12(3)8-14-5-6-17-4/h7,9-11,14H,5-6,8H2,1-4H3. The molecule has 1 heterocycles. The van der Waals surface area contributed by atoms with Crippen LogP contribution in [0.4, 0.5) is 0 Å². The molecule has 0 aliphatic rings. The second-order valence-corrected chi connectivity index (χ2v) is 4.48. The summed E-state index contributed by atoms with van der Waals surface area (Å²) in [4.78, 5) is 4.18. The number of hydrogen-bond acceptors (Lipinski definition) is 3. The Morgan fingerprint density at radius 1 is 1.59 bits per heavy atom. The van der Waals surface area contributed by atoms with Crippen molar-refractivity contribution in [1.82, 2.24) is 14.9 Å². The van der Waals surface area contributed by atoms with Crippen LogP contribution in [-0.2, 0) is 4.74 Å². The number of methoxy groups -OCH3 is 1. The van der Waals surface area contributed by atoms with Crippen LogP contribution < -0.4 is 5.32 Å². The Bertz CT molecular complexity index is 355. The highest BCUT2D eigenvalue weighted by Crippen LogP contribution is 2.12. The summed E-state index contributed by atoms with van der Waals surface area (Å²) in [5.41, 5.74) is 2.45. The molecule has 1 rings (SSSR count). The molecule has 0 atom stereocenters. The van der Waals surface area contributed by atoms with Crippen molar-refractivity contribution in [3.05, 3.63) is 23.8 Å². The second-order valence-electron chi connectivity index (χ2n) is 4.48. The smallest absolute Gasteiger partial charge is 0.0953 e. The highest BCUT2D eigenvalue weighted by atomic mass is 16.5. The Kier molecular flexibility index (Phi) is 5.94. The number of hydrogen-bond donors (Lipinski definition) is 1. The van der Waals surface area contributed by atoms with Crippen LogP contribution in [0.3, 0.4) is 0 Å². The maximum atomic E-state index is 4.98. The first-order chi connectivity index (χ1) is 8.15. The average molecular weight is 237 g/mol. The topological polar surface area (TPSA) is 39.1 Å². The average Bonchev–Trinajstić information content (AvgIpc) is 2.72. The first kappa shape index (κ1) is 13.9. The van der Waals surface area contributed by atoms with Gasteiger partial charge in [-0.2, -0.15) is 0 Å². The zero-order valence-electron chi connectivity index (χ0n) is 11.2. The van der Waals surface area contributed by atoms with Crippen molar-refractivity contribution >= 4 is 6.08 Å². The van der Waals surface area contributed by atoms with Gasteiger partial charge in [0.2, 0.25) is 0 Å². The summed E-state index contributed by atoms with van der Waals surface area (Å²) in [7, 11) is 1.71. The first-order valence-corrected chi connectivity index (χ1v) is 6.03. The summed E-state index contributed by atoms with van der Waals surface area (Å²) in [6.45, 7) is 8.95. The number of aromatic nitrogens is 2. The maximum absolute atomic E-state index is 4.98. The largest absolute Gasteiger partial charge is 0.383 e. The lowest BCUT2D eigenvalue weighted by Crippen LogP contribution is -2.20. The van der Waals surface area contributed by atoms with Gasteiger partial charge in [0, 0.05) is 26.2 Å². The zero-order chi connectivity index (χ0) is 12.7.